The number of fused-ring (bicyclic) bond motifs is 5. The van der Waals surface area contributed by atoms with Crippen LogP contribution in [0.25, 0.3) is 11.1 Å². The molecule has 2 aliphatic heterocycles. The van der Waals surface area contributed by atoms with Crippen molar-refractivity contribution in [3.05, 3.63) is 71.3 Å². The van der Waals surface area contributed by atoms with Crippen LogP contribution in [-0.4, -0.2) is 53.6 Å². The van der Waals surface area contributed by atoms with Gasteiger partial charge >= 0.3 is 6.09 Å². The lowest BCUT2D eigenvalue weighted by Gasteiger charge is -2.50. The third kappa shape index (κ3) is 3.84. The van der Waals surface area contributed by atoms with E-state index in [0.29, 0.717) is 39.1 Å². The highest BCUT2D eigenvalue weighted by atomic mass is 16.6. The number of nitrogens with zero attached hydrogens (tertiary/aromatic N) is 1. The average molecular weight is 434 g/mol. The van der Waals surface area contributed by atoms with E-state index in [4.69, 9.17) is 9.47 Å². The van der Waals surface area contributed by atoms with E-state index < -0.39 is 5.60 Å². The molecular formula is C27H31NO4. The second-order valence-corrected chi connectivity index (χ2v) is 9.67. The fourth-order valence-electron chi connectivity index (χ4n) is 5.60. The molecule has 168 valence electrons. The molecule has 5 heteroatoms. The Balaban J connectivity index is 1.31. The second kappa shape index (κ2) is 8.38. The van der Waals surface area contributed by atoms with Gasteiger partial charge in [-0.2, -0.15) is 0 Å². The van der Waals surface area contributed by atoms with Gasteiger partial charge in [0.05, 0.1) is 30.9 Å². The number of benzene rings is 2. The molecule has 2 bridgehead atoms. The van der Waals surface area contributed by atoms with Crippen molar-refractivity contribution in [2.45, 2.75) is 56.7 Å². The van der Waals surface area contributed by atoms with Crippen LogP contribution in [0.2, 0.25) is 0 Å². The van der Waals surface area contributed by atoms with Gasteiger partial charge in [0.25, 0.3) is 0 Å². The molecular weight excluding hydrogens is 402 g/mol. The number of amides is 1. The van der Waals surface area contributed by atoms with Gasteiger partial charge in [0, 0.05) is 5.92 Å². The molecule has 0 spiro atoms. The van der Waals surface area contributed by atoms with Gasteiger partial charge in [-0.25, -0.2) is 4.79 Å². The number of rotatable bonds is 4. The van der Waals surface area contributed by atoms with Gasteiger partial charge in [-0.1, -0.05) is 60.2 Å². The highest BCUT2D eigenvalue weighted by Crippen LogP contribution is 2.45. The van der Waals surface area contributed by atoms with Crippen LogP contribution in [0.15, 0.2) is 60.2 Å². The summed E-state index contributed by atoms with van der Waals surface area (Å²) >= 11 is 0. The van der Waals surface area contributed by atoms with Crippen molar-refractivity contribution in [1.29, 1.82) is 0 Å². The quantitative estimate of drug-likeness (QED) is 0.698. The van der Waals surface area contributed by atoms with Crippen LogP contribution in [0.3, 0.4) is 0 Å². The van der Waals surface area contributed by atoms with E-state index in [1.54, 1.807) is 0 Å². The van der Waals surface area contributed by atoms with E-state index >= 15 is 0 Å². The van der Waals surface area contributed by atoms with Gasteiger partial charge in [0.2, 0.25) is 0 Å². The average Bonchev–Trinajstić information content (AvgIpc) is 3.09. The van der Waals surface area contributed by atoms with Gasteiger partial charge < -0.3 is 14.6 Å². The van der Waals surface area contributed by atoms with Gasteiger partial charge in [0.15, 0.2) is 0 Å². The molecule has 2 fully saturated rings. The lowest BCUT2D eigenvalue weighted by Crippen LogP contribution is -2.63. The summed E-state index contributed by atoms with van der Waals surface area (Å²) < 4.78 is 11.7. The first kappa shape index (κ1) is 21.2. The second-order valence-electron chi connectivity index (χ2n) is 9.67. The molecule has 32 heavy (non-hydrogen) atoms. The Morgan fingerprint density at radius 1 is 1.06 bits per heavy atom. The van der Waals surface area contributed by atoms with Crippen molar-refractivity contribution in [3.63, 3.8) is 0 Å². The maximum Gasteiger partial charge on any atom is 0.410 e. The van der Waals surface area contributed by atoms with Crippen LogP contribution >= 0.6 is 0 Å². The lowest BCUT2D eigenvalue weighted by molar-refractivity contribution is -0.131. The molecule has 2 unspecified atom stereocenters. The van der Waals surface area contributed by atoms with Crippen LogP contribution in [-0.2, 0) is 9.47 Å². The molecule has 2 aromatic rings. The fourth-order valence-corrected chi connectivity index (χ4v) is 5.60. The van der Waals surface area contributed by atoms with Crippen molar-refractivity contribution in [2.75, 3.05) is 19.8 Å². The first-order valence-electron chi connectivity index (χ1n) is 11.5. The molecule has 0 radical (unpaired) electrons. The Morgan fingerprint density at radius 2 is 1.62 bits per heavy atom. The molecule has 5 rings (SSSR count). The Bertz CT molecular complexity index is 982. The molecule has 0 saturated carbocycles. The van der Waals surface area contributed by atoms with Crippen LogP contribution in [0.1, 0.15) is 50.2 Å². The summed E-state index contributed by atoms with van der Waals surface area (Å²) in [5, 5.41) is 11.2. The van der Waals surface area contributed by atoms with Crippen LogP contribution in [0.4, 0.5) is 4.79 Å². The molecule has 1 aliphatic carbocycles. The zero-order valence-electron chi connectivity index (χ0n) is 18.8. The van der Waals surface area contributed by atoms with E-state index in [1.165, 1.54) is 27.8 Å². The third-order valence-corrected chi connectivity index (χ3v) is 7.08. The fraction of sp³-hybridized carbons (Fsp3) is 0.444. The summed E-state index contributed by atoms with van der Waals surface area (Å²) in [7, 11) is 0. The van der Waals surface area contributed by atoms with E-state index in [-0.39, 0.29) is 24.1 Å². The SMILES string of the molecule is CC(C)=CCC1(O)CC2COCC(C1)N2C(=O)OCC1c2ccccc2-c2ccccc21. The van der Waals surface area contributed by atoms with Crippen LogP contribution in [0.5, 0.6) is 0 Å². The number of carbonyl (C=O) groups excluding carboxylic acids is 1. The van der Waals surface area contributed by atoms with Gasteiger partial charge in [-0.3, -0.25) is 4.90 Å². The van der Waals surface area contributed by atoms with E-state index in [1.807, 2.05) is 30.9 Å². The smallest absolute Gasteiger partial charge is 0.410 e. The minimum Gasteiger partial charge on any atom is -0.448 e. The minimum atomic E-state index is -0.795. The number of morpholine rings is 1. The molecule has 2 atom stereocenters. The summed E-state index contributed by atoms with van der Waals surface area (Å²) in [6.07, 6.45) is 3.42. The van der Waals surface area contributed by atoms with Crippen molar-refractivity contribution in [2.24, 2.45) is 0 Å². The van der Waals surface area contributed by atoms with E-state index in [9.17, 15) is 9.90 Å². The number of carbonyl (C=O) groups is 1. The summed E-state index contributed by atoms with van der Waals surface area (Å²) in [4.78, 5) is 15.1. The van der Waals surface area contributed by atoms with Gasteiger partial charge in [0.1, 0.15) is 6.61 Å². The zero-order chi connectivity index (χ0) is 22.3. The Labute approximate surface area is 189 Å². The maximum absolute atomic E-state index is 13.2. The monoisotopic (exact) mass is 433 g/mol. The standard InChI is InChI=1S/C27H31NO4/c1-18(2)11-12-27(30)13-19-15-31-16-20(14-27)28(19)26(29)32-17-25-23-9-5-3-7-21(23)22-8-4-6-10-24(22)25/h3-11,19-20,25,30H,12-17H2,1-2H3. The van der Waals surface area contributed by atoms with Gasteiger partial charge in [-0.05, 0) is 55.4 Å². The number of allylic oxidation sites excluding steroid dienone is 1. The zero-order valence-corrected chi connectivity index (χ0v) is 18.8. The highest BCUT2D eigenvalue weighted by Gasteiger charge is 2.48. The molecule has 2 aromatic carbocycles. The van der Waals surface area contributed by atoms with Crippen molar-refractivity contribution in [3.8, 4) is 11.1 Å². The number of aliphatic hydroxyl groups is 1. The van der Waals surface area contributed by atoms with E-state index in [2.05, 4.69) is 42.5 Å². The van der Waals surface area contributed by atoms with Crippen molar-refractivity contribution >= 4 is 6.09 Å². The summed E-state index contributed by atoms with van der Waals surface area (Å²) in [6.45, 7) is 5.28. The highest BCUT2D eigenvalue weighted by molar-refractivity contribution is 5.79. The maximum atomic E-state index is 13.2. The Kier molecular flexibility index (Phi) is 5.56. The van der Waals surface area contributed by atoms with Crippen molar-refractivity contribution in [1.82, 2.24) is 4.90 Å². The molecule has 1 amide bonds. The summed E-state index contributed by atoms with van der Waals surface area (Å²) in [5.41, 5.74) is 5.25. The lowest BCUT2D eigenvalue weighted by atomic mass is 9.79. The molecule has 5 nitrogen and oxygen atoms in total. The number of hydrogen-bond acceptors (Lipinski definition) is 4. The minimum absolute atomic E-state index is 0.0434. The van der Waals surface area contributed by atoms with Crippen LogP contribution < -0.4 is 0 Å². The van der Waals surface area contributed by atoms with Crippen LogP contribution in [0, 0.1) is 0 Å². The molecule has 0 aromatic heterocycles. The molecule has 2 saturated heterocycles. The Hall–Kier alpha value is -2.63. The normalized spacial score (nSPS) is 26.3. The first-order chi connectivity index (χ1) is 15.5. The Morgan fingerprint density at radius 3 is 2.19 bits per heavy atom. The predicted molar refractivity (Wildman–Crippen MR) is 124 cm³/mol. The number of ether oxygens (including phenoxy) is 2. The third-order valence-electron chi connectivity index (χ3n) is 7.08. The molecule has 1 N–H and O–H groups in total. The predicted octanol–water partition coefficient (Wildman–Crippen LogP) is 4.89. The number of piperidine rings is 1. The molecule has 2 heterocycles. The summed E-state index contributed by atoms with van der Waals surface area (Å²) in [6, 6.07) is 16.4. The summed E-state index contributed by atoms with van der Waals surface area (Å²) in [5.74, 6) is 0.0434. The molecule has 3 aliphatic rings. The van der Waals surface area contributed by atoms with E-state index in [0.717, 1.165) is 0 Å². The van der Waals surface area contributed by atoms with Crippen molar-refractivity contribution < 1.29 is 19.4 Å². The topological polar surface area (TPSA) is 59.0 Å². The first-order valence-corrected chi connectivity index (χ1v) is 11.5. The number of hydrogen-bond donors (Lipinski definition) is 1. The largest absolute Gasteiger partial charge is 0.448 e. The van der Waals surface area contributed by atoms with Gasteiger partial charge in [-0.15, -0.1) is 0 Å².